The van der Waals surface area contributed by atoms with Crippen LogP contribution in [0.3, 0.4) is 0 Å². The van der Waals surface area contributed by atoms with Crippen LogP contribution in [0.2, 0.25) is 0 Å². The first kappa shape index (κ1) is 18.8. The van der Waals surface area contributed by atoms with Gasteiger partial charge in [0.1, 0.15) is 0 Å². The van der Waals surface area contributed by atoms with Gasteiger partial charge in [0.15, 0.2) is 5.69 Å². The van der Waals surface area contributed by atoms with Crippen LogP contribution in [0.4, 0.5) is 11.4 Å². The van der Waals surface area contributed by atoms with Crippen LogP contribution in [0.5, 0.6) is 0 Å². The van der Waals surface area contributed by atoms with Crippen molar-refractivity contribution < 1.29 is 0 Å². The molecule has 0 aromatic heterocycles. The molecule has 1 aliphatic heterocycles. The Morgan fingerprint density at radius 3 is 2.00 bits per heavy atom. The third kappa shape index (κ3) is 6.53. The van der Waals surface area contributed by atoms with E-state index < -0.39 is 0 Å². The number of unbranched alkanes of at least 4 members (excludes halogenated alkanes) is 7. The van der Waals surface area contributed by atoms with Gasteiger partial charge in [0.05, 0.1) is 6.57 Å². The fraction of sp³-hybridized carbons (Fsp3) is 0.667. The Labute approximate surface area is 148 Å². The number of rotatable bonds is 10. The number of nitrogens with zero attached hydrogens (tertiary/aromatic N) is 3. The van der Waals surface area contributed by atoms with Crippen molar-refractivity contribution in [2.24, 2.45) is 0 Å². The molecule has 0 aliphatic carbocycles. The molecule has 1 saturated heterocycles. The molecule has 132 valence electrons. The van der Waals surface area contributed by atoms with Gasteiger partial charge in [-0.25, -0.2) is 4.85 Å². The minimum atomic E-state index is 0.729. The Balaban J connectivity index is 1.55. The lowest BCUT2D eigenvalue weighted by atomic mass is 10.1. The zero-order valence-corrected chi connectivity index (χ0v) is 15.3. The van der Waals surface area contributed by atoms with Crippen molar-refractivity contribution in [1.82, 2.24) is 4.90 Å². The van der Waals surface area contributed by atoms with E-state index in [1.54, 1.807) is 0 Å². The fourth-order valence-electron chi connectivity index (χ4n) is 3.44. The fourth-order valence-corrected chi connectivity index (χ4v) is 3.44. The van der Waals surface area contributed by atoms with Crippen LogP contribution < -0.4 is 4.90 Å². The summed E-state index contributed by atoms with van der Waals surface area (Å²) in [5, 5.41) is 0. The summed E-state index contributed by atoms with van der Waals surface area (Å²) in [7, 11) is 0. The summed E-state index contributed by atoms with van der Waals surface area (Å²) >= 11 is 0. The Kier molecular flexibility index (Phi) is 8.70. The first-order chi connectivity index (χ1) is 11.8. The highest BCUT2D eigenvalue weighted by molar-refractivity contribution is 5.55. The number of benzene rings is 1. The smallest absolute Gasteiger partial charge is 0.187 e. The van der Waals surface area contributed by atoms with E-state index in [0.29, 0.717) is 0 Å². The van der Waals surface area contributed by atoms with Crippen LogP contribution >= 0.6 is 0 Å². The van der Waals surface area contributed by atoms with E-state index in [1.165, 1.54) is 76.7 Å². The molecule has 0 amide bonds. The Bertz CT molecular complexity index is 481. The zero-order valence-electron chi connectivity index (χ0n) is 15.3. The quantitative estimate of drug-likeness (QED) is 0.415. The monoisotopic (exact) mass is 327 g/mol. The van der Waals surface area contributed by atoms with E-state index in [9.17, 15) is 0 Å². The molecule has 0 N–H and O–H groups in total. The van der Waals surface area contributed by atoms with Gasteiger partial charge in [0, 0.05) is 31.9 Å². The average Bonchev–Trinajstić information content (AvgIpc) is 2.64. The third-order valence-electron chi connectivity index (χ3n) is 5.04. The molecule has 3 nitrogen and oxygen atoms in total. The molecule has 1 fully saturated rings. The van der Waals surface area contributed by atoms with Crippen LogP contribution in [0.15, 0.2) is 24.3 Å². The van der Waals surface area contributed by atoms with Crippen molar-refractivity contribution in [3.05, 3.63) is 35.7 Å². The second-order valence-electron chi connectivity index (χ2n) is 6.93. The molecule has 0 unspecified atom stereocenters. The number of anilines is 1. The largest absolute Gasteiger partial charge is 0.369 e. The van der Waals surface area contributed by atoms with E-state index in [2.05, 4.69) is 33.7 Å². The Morgan fingerprint density at radius 2 is 1.42 bits per heavy atom. The standard InChI is InChI=1S/C21H33N3/c1-3-4-5-6-7-8-9-10-15-23-16-18-24(19-17-23)21-13-11-20(22-2)12-14-21/h11-14H,3-10,15-19H2,1H3. The molecule has 1 aromatic rings. The van der Waals surface area contributed by atoms with Crippen LogP contribution in [0.25, 0.3) is 4.85 Å². The molecule has 0 atom stereocenters. The predicted molar refractivity (Wildman–Crippen MR) is 104 cm³/mol. The first-order valence-corrected chi connectivity index (χ1v) is 9.78. The van der Waals surface area contributed by atoms with Crippen molar-refractivity contribution in [3.63, 3.8) is 0 Å². The minimum Gasteiger partial charge on any atom is -0.369 e. The molecule has 1 heterocycles. The summed E-state index contributed by atoms with van der Waals surface area (Å²) in [5.41, 5.74) is 1.99. The summed E-state index contributed by atoms with van der Waals surface area (Å²) in [6.45, 7) is 15.1. The highest BCUT2D eigenvalue weighted by Gasteiger charge is 2.16. The second-order valence-corrected chi connectivity index (χ2v) is 6.93. The van der Waals surface area contributed by atoms with Gasteiger partial charge in [0.25, 0.3) is 0 Å². The molecule has 0 radical (unpaired) electrons. The molecule has 0 bridgehead atoms. The molecule has 0 spiro atoms. The molecule has 1 aliphatic rings. The molecular formula is C21H33N3. The van der Waals surface area contributed by atoms with Gasteiger partial charge in [-0.15, -0.1) is 0 Å². The van der Waals surface area contributed by atoms with Crippen molar-refractivity contribution in [2.75, 3.05) is 37.6 Å². The molecule has 24 heavy (non-hydrogen) atoms. The predicted octanol–water partition coefficient (Wildman–Crippen LogP) is 5.50. The maximum absolute atomic E-state index is 7.03. The van der Waals surface area contributed by atoms with Crippen molar-refractivity contribution in [3.8, 4) is 0 Å². The summed E-state index contributed by atoms with van der Waals surface area (Å²) in [6.07, 6.45) is 11.2. The van der Waals surface area contributed by atoms with Crippen LogP contribution in [-0.4, -0.2) is 37.6 Å². The number of hydrogen-bond donors (Lipinski definition) is 0. The van der Waals surface area contributed by atoms with E-state index in [1.807, 2.05) is 12.1 Å². The Hall–Kier alpha value is -1.53. The summed E-state index contributed by atoms with van der Waals surface area (Å²) < 4.78 is 0. The lowest BCUT2D eigenvalue weighted by Crippen LogP contribution is -2.46. The van der Waals surface area contributed by atoms with Gasteiger partial charge in [-0.3, -0.25) is 4.90 Å². The lowest BCUT2D eigenvalue weighted by Gasteiger charge is -2.36. The van der Waals surface area contributed by atoms with Gasteiger partial charge in [-0.05, 0) is 25.1 Å². The molecule has 3 heteroatoms. The van der Waals surface area contributed by atoms with Crippen LogP contribution in [0, 0.1) is 6.57 Å². The first-order valence-electron chi connectivity index (χ1n) is 9.78. The lowest BCUT2D eigenvalue weighted by molar-refractivity contribution is 0.252. The number of hydrogen-bond acceptors (Lipinski definition) is 2. The van der Waals surface area contributed by atoms with E-state index in [-0.39, 0.29) is 0 Å². The minimum absolute atomic E-state index is 0.729. The highest BCUT2D eigenvalue weighted by Crippen LogP contribution is 2.21. The Morgan fingerprint density at radius 1 is 0.833 bits per heavy atom. The van der Waals surface area contributed by atoms with E-state index >= 15 is 0 Å². The number of piperazine rings is 1. The summed E-state index contributed by atoms with van der Waals surface area (Å²) in [5.74, 6) is 0. The van der Waals surface area contributed by atoms with Crippen LogP contribution in [-0.2, 0) is 0 Å². The van der Waals surface area contributed by atoms with Gasteiger partial charge >= 0.3 is 0 Å². The topological polar surface area (TPSA) is 10.8 Å². The zero-order chi connectivity index (χ0) is 17.0. The van der Waals surface area contributed by atoms with Crippen molar-refractivity contribution in [1.29, 1.82) is 0 Å². The molecular weight excluding hydrogens is 294 g/mol. The average molecular weight is 328 g/mol. The maximum atomic E-state index is 7.03. The van der Waals surface area contributed by atoms with E-state index in [4.69, 9.17) is 6.57 Å². The third-order valence-corrected chi connectivity index (χ3v) is 5.04. The molecule has 2 rings (SSSR count). The SMILES string of the molecule is [C-]#[N+]c1ccc(N2CCN(CCCCCCCCCC)CC2)cc1. The maximum Gasteiger partial charge on any atom is 0.187 e. The van der Waals surface area contributed by atoms with Gasteiger partial charge < -0.3 is 4.90 Å². The summed E-state index contributed by atoms with van der Waals surface area (Å²) in [4.78, 5) is 8.52. The highest BCUT2D eigenvalue weighted by atomic mass is 15.3. The van der Waals surface area contributed by atoms with Gasteiger partial charge in [-0.1, -0.05) is 64.0 Å². The summed E-state index contributed by atoms with van der Waals surface area (Å²) in [6, 6.07) is 8.02. The molecule has 1 aromatic carbocycles. The second kappa shape index (κ2) is 11.1. The van der Waals surface area contributed by atoms with Crippen molar-refractivity contribution in [2.45, 2.75) is 58.3 Å². The van der Waals surface area contributed by atoms with Crippen LogP contribution in [0.1, 0.15) is 58.3 Å². The van der Waals surface area contributed by atoms with Gasteiger partial charge in [0.2, 0.25) is 0 Å². The molecule has 0 saturated carbocycles. The normalized spacial score (nSPS) is 15.4. The van der Waals surface area contributed by atoms with Gasteiger partial charge in [-0.2, -0.15) is 0 Å². The van der Waals surface area contributed by atoms with Crippen molar-refractivity contribution >= 4 is 11.4 Å². The van der Waals surface area contributed by atoms with E-state index in [0.717, 1.165) is 18.8 Å².